The Balaban J connectivity index is 1.27. The fourth-order valence-electron chi connectivity index (χ4n) is 5.58. The van der Waals surface area contributed by atoms with Gasteiger partial charge in [-0.05, 0) is 12.5 Å². The van der Waals surface area contributed by atoms with Crippen molar-refractivity contribution in [3.63, 3.8) is 0 Å². The monoisotopic (exact) mass is 691 g/mol. The normalized spacial score (nSPS) is 33.1. The van der Waals surface area contributed by atoms with Gasteiger partial charge >= 0.3 is 21.1 Å². The van der Waals surface area contributed by atoms with Crippen LogP contribution in [0, 0.1) is 0 Å². The standard InChI is InChI=1S/C23H31N7O14P2/c24-14-3-4-29(23(33)28-14)22-18(44-15-2-1-5-39-15)19(13(43-22)8-41-46(36,37)38)45(34,35)40-7-12-16(31)17(32)21(42-12)30-10-27-11-6-25-9-26-20(11)30/h3-4,6,9-10,12-13,15-19,21-22,31-32H,1-2,5,7-8H2,(H,34,35)(H2,24,28,33)(H2,36,37,38)/t12-,13-,15?,16?,17?,18-,19-,21-,22-/m1/s1. The molecule has 4 unspecified atom stereocenters. The van der Waals surface area contributed by atoms with E-state index in [-0.39, 0.29) is 5.82 Å². The van der Waals surface area contributed by atoms with Crippen LogP contribution in [0.25, 0.3) is 11.2 Å². The lowest BCUT2D eigenvalue weighted by Gasteiger charge is -2.30. The Hall–Kier alpha value is -2.75. The molecule has 6 heterocycles. The Morgan fingerprint density at radius 1 is 1.02 bits per heavy atom. The van der Waals surface area contributed by atoms with E-state index >= 15 is 0 Å². The minimum absolute atomic E-state index is 0.114. The van der Waals surface area contributed by atoms with Crippen molar-refractivity contribution in [2.75, 3.05) is 25.6 Å². The molecule has 0 spiro atoms. The molecule has 3 aliphatic rings. The Bertz CT molecular complexity index is 1700. The Morgan fingerprint density at radius 2 is 1.78 bits per heavy atom. The first kappa shape index (κ1) is 33.2. The summed E-state index contributed by atoms with van der Waals surface area (Å²) in [6, 6.07) is 1.27. The van der Waals surface area contributed by atoms with Crippen LogP contribution >= 0.6 is 15.4 Å². The zero-order valence-corrected chi connectivity index (χ0v) is 25.5. The van der Waals surface area contributed by atoms with Crippen molar-refractivity contribution in [3.8, 4) is 0 Å². The largest absolute Gasteiger partial charge is 0.469 e. The van der Waals surface area contributed by atoms with E-state index in [0.717, 1.165) is 4.57 Å². The molecule has 0 amide bonds. The third-order valence-corrected chi connectivity index (χ3v) is 10.1. The van der Waals surface area contributed by atoms with Crippen LogP contribution in [-0.4, -0.2) is 116 Å². The molecule has 3 aromatic heterocycles. The van der Waals surface area contributed by atoms with E-state index < -0.39 is 89.2 Å². The second-order valence-corrected chi connectivity index (χ2v) is 13.9. The van der Waals surface area contributed by atoms with E-state index in [0.29, 0.717) is 30.6 Å². The molecule has 0 saturated carbocycles. The average Bonchev–Trinajstić information content (AvgIpc) is 3.79. The van der Waals surface area contributed by atoms with E-state index in [2.05, 4.69) is 24.5 Å². The van der Waals surface area contributed by atoms with Gasteiger partial charge in [-0.15, -0.1) is 0 Å². The number of ether oxygens (including phenoxy) is 4. The number of fused-ring (bicyclic) bond motifs is 1. The van der Waals surface area contributed by atoms with Crippen LogP contribution in [0.1, 0.15) is 25.3 Å². The predicted molar refractivity (Wildman–Crippen MR) is 149 cm³/mol. The first-order valence-corrected chi connectivity index (χ1v) is 17.1. The van der Waals surface area contributed by atoms with Gasteiger partial charge in [-0.1, -0.05) is 0 Å². The Kier molecular flexibility index (Phi) is 9.40. The number of phosphoric ester groups is 1. The summed E-state index contributed by atoms with van der Waals surface area (Å²) in [5, 5.41) is 21.5. The topological polar surface area (TPSA) is 295 Å². The molecule has 6 rings (SSSR count). The summed E-state index contributed by atoms with van der Waals surface area (Å²) in [7, 11) is -10.1. The number of aliphatic hydroxyl groups excluding tert-OH is 2. The first-order chi connectivity index (χ1) is 21.8. The number of anilines is 1. The number of nitrogens with two attached hydrogens (primary N) is 1. The molecule has 3 aliphatic heterocycles. The number of nitrogen functional groups attached to an aromatic ring is 1. The molecule has 0 aliphatic carbocycles. The minimum Gasteiger partial charge on any atom is -0.387 e. The molecule has 252 valence electrons. The molecule has 7 N–H and O–H groups in total. The van der Waals surface area contributed by atoms with Crippen molar-refractivity contribution in [2.24, 2.45) is 0 Å². The van der Waals surface area contributed by atoms with Crippen molar-refractivity contribution in [1.29, 1.82) is 0 Å². The molecular formula is C23H31N7O14P2. The van der Waals surface area contributed by atoms with Crippen molar-refractivity contribution in [1.82, 2.24) is 29.1 Å². The van der Waals surface area contributed by atoms with Gasteiger partial charge in [0.1, 0.15) is 53.8 Å². The van der Waals surface area contributed by atoms with Gasteiger partial charge in [-0.2, -0.15) is 4.98 Å². The molecule has 3 fully saturated rings. The van der Waals surface area contributed by atoms with Crippen LogP contribution in [0.15, 0.2) is 35.9 Å². The molecule has 3 aromatic rings. The number of hydrogen-bond donors (Lipinski definition) is 6. The van der Waals surface area contributed by atoms with E-state index in [4.69, 9.17) is 29.2 Å². The van der Waals surface area contributed by atoms with Gasteiger partial charge in [-0.25, -0.2) is 24.3 Å². The van der Waals surface area contributed by atoms with E-state index in [1.54, 1.807) is 0 Å². The number of hydrogen-bond acceptors (Lipinski definition) is 16. The maximum absolute atomic E-state index is 14.0. The maximum Gasteiger partial charge on any atom is 0.469 e. The summed E-state index contributed by atoms with van der Waals surface area (Å²) in [4.78, 5) is 58.6. The van der Waals surface area contributed by atoms with Gasteiger partial charge in [0.05, 0.1) is 25.7 Å². The van der Waals surface area contributed by atoms with Crippen molar-refractivity contribution >= 4 is 32.4 Å². The molecule has 0 aromatic carbocycles. The number of aliphatic hydroxyl groups is 2. The third-order valence-electron chi connectivity index (χ3n) is 7.69. The lowest BCUT2D eigenvalue weighted by molar-refractivity contribution is -0.170. The molecular weight excluding hydrogens is 660 g/mol. The lowest BCUT2D eigenvalue weighted by Crippen LogP contribution is -2.41. The van der Waals surface area contributed by atoms with Crippen LogP contribution in [0.2, 0.25) is 0 Å². The van der Waals surface area contributed by atoms with E-state index in [1.807, 2.05) is 0 Å². The van der Waals surface area contributed by atoms with Gasteiger partial charge < -0.3 is 54.1 Å². The van der Waals surface area contributed by atoms with E-state index in [1.165, 1.54) is 35.7 Å². The molecule has 21 nitrogen and oxygen atoms in total. The fraction of sp³-hybridized carbons (Fsp3) is 0.609. The Labute approximate surface area is 258 Å². The summed E-state index contributed by atoms with van der Waals surface area (Å²) in [6.45, 7) is -1.33. The third kappa shape index (κ3) is 6.78. The molecule has 3 saturated heterocycles. The second-order valence-electron chi connectivity index (χ2n) is 10.7. The maximum atomic E-state index is 14.0. The quantitative estimate of drug-likeness (QED) is 0.123. The van der Waals surface area contributed by atoms with Crippen LogP contribution < -0.4 is 11.4 Å². The number of rotatable bonds is 11. The summed E-state index contributed by atoms with van der Waals surface area (Å²) >= 11 is 0. The SMILES string of the molecule is Nc1ccn([C@@H]2O[C@H](COP(=O)(O)O)[C@@H](P(=O)(O)OC[C@H]3O[C@@H](n4cnc5cncnc54)C(O)C3O)[C@H]2OC2CCCO2)c(=O)n1. The predicted octanol–water partition coefficient (Wildman–Crippen LogP) is -1.62. The number of aromatic nitrogens is 6. The lowest BCUT2D eigenvalue weighted by atomic mass is 10.1. The smallest absolute Gasteiger partial charge is 0.387 e. The van der Waals surface area contributed by atoms with Crippen LogP contribution in [0.3, 0.4) is 0 Å². The van der Waals surface area contributed by atoms with Crippen molar-refractivity contribution in [3.05, 3.63) is 41.6 Å². The Morgan fingerprint density at radius 3 is 2.50 bits per heavy atom. The van der Waals surface area contributed by atoms with Gasteiger partial charge in [0.2, 0.25) is 0 Å². The van der Waals surface area contributed by atoms with Crippen LogP contribution in [-0.2, 0) is 37.1 Å². The highest BCUT2D eigenvalue weighted by Crippen LogP contribution is 2.57. The molecule has 0 radical (unpaired) electrons. The zero-order valence-electron chi connectivity index (χ0n) is 23.7. The van der Waals surface area contributed by atoms with Crippen molar-refractivity contribution < 1.29 is 62.0 Å². The van der Waals surface area contributed by atoms with Gasteiger partial charge in [-0.3, -0.25) is 18.2 Å². The second kappa shape index (κ2) is 13.0. The summed E-state index contributed by atoms with van der Waals surface area (Å²) in [5.74, 6) is -0.114. The number of phosphoric acid groups is 1. The number of nitrogens with zero attached hydrogens (tertiary/aromatic N) is 6. The first-order valence-electron chi connectivity index (χ1n) is 13.9. The number of imidazole rings is 1. The highest BCUT2D eigenvalue weighted by Gasteiger charge is 2.58. The van der Waals surface area contributed by atoms with Crippen molar-refractivity contribution in [2.45, 2.75) is 67.8 Å². The average molecular weight is 691 g/mol. The zero-order chi connectivity index (χ0) is 32.8. The van der Waals surface area contributed by atoms with Crippen LogP contribution in [0.4, 0.5) is 5.82 Å². The van der Waals surface area contributed by atoms with E-state index in [9.17, 15) is 38.8 Å². The highest BCUT2D eigenvalue weighted by molar-refractivity contribution is 7.53. The van der Waals surface area contributed by atoms with Gasteiger partial charge in [0.25, 0.3) is 0 Å². The molecule has 10 atom stereocenters. The fourth-order valence-corrected chi connectivity index (χ4v) is 7.62. The van der Waals surface area contributed by atoms with Gasteiger partial charge in [0.15, 0.2) is 24.4 Å². The highest BCUT2D eigenvalue weighted by atomic mass is 31.2. The van der Waals surface area contributed by atoms with Gasteiger partial charge in [0, 0.05) is 19.2 Å². The summed E-state index contributed by atoms with van der Waals surface area (Å²) < 4.78 is 61.2. The van der Waals surface area contributed by atoms with Crippen LogP contribution in [0.5, 0.6) is 0 Å². The summed E-state index contributed by atoms with van der Waals surface area (Å²) in [5.41, 5.74) is 3.66. The minimum atomic E-state index is -5.10. The molecule has 46 heavy (non-hydrogen) atoms. The molecule has 23 heteroatoms. The summed E-state index contributed by atoms with van der Waals surface area (Å²) in [6.07, 6.45) is -4.88. The molecule has 0 bridgehead atoms.